The van der Waals surface area contributed by atoms with Crippen molar-refractivity contribution in [3.63, 3.8) is 0 Å². The van der Waals surface area contributed by atoms with Crippen molar-refractivity contribution in [1.82, 2.24) is 5.32 Å². The molecule has 1 unspecified atom stereocenters. The summed E-state index contributed by atoms with van der Waals surface area (Å²) in [6.45, 7) is 3.18. The van der Waals surface area contributed by atoms with Crippen LogP contribution in [0.4, 0.5) is 0 Å². The first-order valence-corrected chi connectivity index (χ1v) is 7.73. The standard InChI is InChI=1S/C17H23NO3/c1-2-21-17(20)11-10-16(19)14-8-6-13(7-9-14)15-5-3-4-12-18-15/h6-9,15,18H,2-5,10-12H2,1H3. The Morgan fingerprint density at radius 1 is 1.19 bits per heavy atom. The van der Waals surface area contributed by atoms with Crippen LogP contribution in [-0.2, 0) is 9.53 Å². The molecule has 1 saturated heterocycles. The number of rotatable bonds is 6. The molecule has 0 amide bonds. The monoisotopic (exact) mass is 289 g/mol. The summed E-state index contributed by atoms with van der Waals surface area (Å²) >= 11 is 0. The van der Waals surface area contributed by atoms with Gasteiger partial charge in [0.2, 0.25) is 0 Å². The van der Waals surface area contributed by atoms with E-state index in [0.29, 0.717) is 18.2 Å². The van der Waals surface area contributed by atoms with Gasteiger partial charge in [0.15, 0.2) is 5.78 Å². The Labute approximate surface area is 125 Å². The maximum atomic E-state index is 12.0. The predicted octanol–water partition coefficient (Wildman–Crippen LogP) is 3.03. The molecule has 1 N–H and O–H groups in total. The van der Waals surface area contributed by atoms with Gasteiger partial charge in [-0.25, -0.2) is 0 Å². The normalized spacial score (nSPS) is 18.2. The molecule has 1 aromatic rings. The van der Waals surface area contributed by atoms with Gasteiger partial charge in [0.1, 0.15) is 0 Å². The SMILES string of the molecule is CCOC(=O)CCC(=O)c1ccc(C2CCCCN2)cc1. The molecule has 0 aliphatic carbocycles. The molecule has 1 atom stereocenters. The van der Waals surface area contributed by atoms with E-state index in [4.69, 9.17) is 4.74 Å². The average molecular weight is 289 g/mol. The quantitative estimate of drug-likeness (QED) is 0.646. The Balaban J connectivity index is 1.88. The van der Waals surface area contributed by atoms with E-state index in [1.807, 2.05) is 24.3 Å². The lowest BCUT2D eigenvalue weighted by Gasteiger charge is -2.23. The third-order valence-corrected chi connectivity index (χ3v) is 3.81. The van der Waals surface area contributed by atoms with Crippen molar-refractivity contribution < 1.29 is 14.3 Å². The summed E-state index contributed by atoms with van der Waals surface area (Å²) in [7, 11) is 0. The third-order valence-electron chi connectivity index (χ3n) is 3.81. The smallest absolute Gasteiger partial charge is 0.306 e. The molecule has 4 nitrogen and oxygen atoms in total. The zero-order valence-corrected chi connectivity index (χ0v) is 12.6. The fourth-order valence-corrected chi connectivity index (χ4v) is 2.63. The molecule has 114 valence electrons. The van der Waals surface area contributed by atoms with Crippen LogP contribution in [0.1, 0.15) is 61.0 Å². The summed E-state index contributed by atoms with van der Waals surface area (Å²) in [5, 5.41) is 3.49. The maximum Gasteiger partial charge on any atom is 0.306 e. The van der Waals surface area contributed by atoms with Crippen LogP contribution >= 0.6 is 0 Å². The summed E-state index contributed by atoms with van der Waals surface area (Å²) in [5.74, 6) is -0.319. The molecule has 0 saturated carbocycles. The van der Waals surface area contributed by atoms with Crippen molar-refractivity contribution in [1.29, 1.82) is 0 Å². The third kappa shape index (κ3) is 4.67. The fraction of sp³-hybridized carbons (Fsp3) is 0.529. The molecule has 1 aromatic carbocycles. The highest BCUT2D eigenvalue weighted by atomic mass is 16.5. The van der Waals surface area contributed by atoms with Gasteiger partial charge < -0.3 is 10.1 Å². The lowest BCUT2D eigenvalue weighted by molar-refractivity contribution is -0.143. The number of hydrogen-bond acceptors (Lipinski definition) is 4. The van der Waals surface area contributed by atoms with E-state index in [1.165, 1.54) is 18.4 Å². The first-order valence-electron chi connectivity index (χ1n) is 7.73. The summed E-state index contributed by atoms with van der Waals surface area (Å²) in [5.41, 5.74) is 1.90. The highest BCUT2D eigenvalue weighted by Crippen LogP contribution is 2.23. The number of hydrogen-bond donors (Lipinski definition) is 1. The second-order valence-electron chi connectivity index (χ2n) is 5.35. The minimum absolute atomic E-state index is 0.00814. The number of piperidine rings is 1. The first kappa shape index (κ1) is 15.7. The second kappa shape index (κ2) is 7.93. The van der Waals surface area contributed by atoms with Crippen molar-refractivity contribution in [3.05, 3.63) is 35.4 Å². The van der Waals surface area contributed by atoms with Crippen LogP contribution in [0.5, 0.6) is 0 Å². The van der Waals surface area contributed by atoms with Crippen LogP contribution in [0.25, 0.3) is 0 Å². The largest absolute Gasteiger partial charge is 0.466 e. The second-order valence-corrected chi connectivity index (χ2v) is 5.35. The number of esters is 1. The lowest BCUT2D eigenvalue weighted by atomic mass is 9.96. The van der Waals surface area contributed by atoms with E-state index in [0.717, 1.165) is 13.0 Å². The molecule has 21 heavy (non-hydrogen) atoms. The number of ether oxygens (including phenoxy) is 1. The van der Waals surface area contributed by atoms with Crippen molar-refractivity contribution >= 4 is 11.8 Å². The maximum absolute atomic E-state index is 12.0. The molecule has 0 spiro atoms. The molecule has 0 bridgehead atoms. The number of carbonyl (C=O) groups is 2. The molecular weight excluding hydrogens is 266 g/mol. The fourth-order valence-electron chi connectivity index (χ4n) is 2.63. The minimum atomic E-state index is -0.311. The van der Waals surface area contributed by atoms with Gasteiger partial charge in [-0.2, -0.15) is 0 Å². The molecule has 4 heteroatoms. The van der Waals surface area contributed by atoms with Gasteiger partial charge in [-0.3, -0.25) is 9.59 Å². The molecule has 2 rings (SSSR count). The number of nitrogens with one attached hydrogen (secondary N) is 1. The Kier molecular flexibility index (Phi) is 5.93. The predicted molar refractivity (Wildman–Crippen MR) is 81.2 cm³/mol. The van der Waals surface area contributed by atoms with E-state index in [9.17, 15) is 9.59 Å². The Bertz CT molecular complexity index is 475. The van der Waals surface area contributed by atoms with Gasteiger partial charge in [0.25, 0.3) is 0 Å². The van der Waals surface area contributed by atoms with Crippen molar-refractivity contribution in [2.24, 2.45) is 0 Å². The van der Waals surface area contributed by atoms with Crippen LogP contribution in [0.2, 0.25) is 0 Å². The molecular formula is C17H23NO3. The van der Waals surface area contributed by atoms with Crippen molar-refractivity contribution in [3.8, 4) is 0 Å². The van der Waals surface area contributed by atoms with E-state index in [-0.39, 0.29) is 24.6 Å². The average Bonchev–Trinajstić information content (AvgIpc) is 2.54. The Morgan fingerprint density at radius 3 is 2.57 bits per heavy atom. The van der Waals surface area contributed by atoms with Gasteiger partial charge >= 0.3 is 5.97 Å². The van der Waals surface area contributed by atoms with E-state index in [1.54, 1.807) is 6.92 Å². The van der Waals surface area contributed by atoms with Crippen molar-refractivity contribution in [2.75, 3.05) is 13.2 Å². The number of carbonyl (C=O) groups excluding carboxylic acids is 2. The lowest BCUT2D eigenvalue weighted by Crippen LogP contribution is -2.26. The molecule has 1 fully saturated rings. The van der Waals surface area contributed by atoms with Gasteiger partial charge in [-0.15, -0.1) is 0 Å². The summed E-state index contributed by atoms with van der Waals surface area (Å²) in [4.78, 5) is 23.3. The molecule has 0 radical (unpaired) electrons. The zero-order valence-electron chi connectivity index (χ0n) is 12.6. The topological polar surface area (TPSA) is 55.4 Å². The Hall–Kier alpha value is -1.68. The van der Waals surface area contributed by atoms with Gasteiger partial charge in [0.05, 0.1) is 13.0 Å². The van der Waals surface area contributed by atoms with Crippen molar-refractivity contribution in [2.45, 2.75) is 45.1 Å². The van der Waals surface area contributed by atoms with E-state index in [2.05, 4.69) is 5.32 Å². The van der Waals surface area contributed by atoms with Crippen LogP contribution in [-0.4, -0.2) is 24.9 Å². The summed E-state index contributed by atoms with van der Waals surface area (Å²) < 4.78 is 4.83. The molecule has 1 aliphatic rings. The van der Waals surface area contributed by atoms with Gasteiger partial charge in [-0.05, 0) is 31.9 Å². The first-order chi connectivity index (χ1) is 10.2. The van der Waals surface area contributed by atoms with Crippen LogP contribution < -0.4 is 5.32 Å². The highest BCUT2D eigenvalue weighted by Gasteiger charge is 2.15. The Morgan fingerprint density at radius 2 is 1.95 bits per heavy atom. The van der Waals surface area contributed by atoms with Crippen LogP contribution in [0, 0.1) is 0 Å². The van der Waals surface area contributed by atoms with Crippen LogP contribution in [0.15, 0.2) is 24.3 Å². The van der Waals surface area contributed by atoms with Crippen LogP contribution in [0.3, 0.4) is 0 Å². The number of benzene rings is 1. The number of ketones is 1. The summed E-state index contributed by atoms with van der Waals surface area (Å²) in [6, 6.07) is 8.15. The molecule has 1 aliphatic heterocycles. The zero-order chi connectivity index (χ0) is 15.1. The highest BCUT2D eigenvalue weighted by molar-refractivity contribution is 5.97. The summed E-state index contributed by atoms with van der Waals surface area (Å²) in [6.07, 6.45) is 3.99. The molecule has 1 heterocycles. The molecule has 0 aromatic heterocycles. The van der Waals surface area contributed by atoms with E-state index < -0.39 is 0 Å². The van der Waals surface area contributed by atoms with Gasteiger partial charge in [-0.1, -0.05) is 30.7 Å². The van der Waals surface area contributed by atoms with Gasteiger partial charge in [0, 0.05) is 18.0 Å². The van der Waals surface area contributed by atoms with E-state index >= 15 is 0 Å². The minimum Gasteiger partial charge on any atom is -0.466 e. The number of Topliss-reactive ketones (excluding diaryl/α,β-unsaturated/α-hetero) is 1.